The second kappa shape index (κ2) is 5.67. The van der Waals surface area contributed by atoms with Crippen molar-refractivity contribution in [2.75, 3.05) is 19.3 Å². The molecule has 0 bridgehead atoms. The number of hydrogen-bond acceptors (Lipinski definition) is 5. The van der Waals surface area contributed by atoms with Crippen LogP contribution in [0.1, 0.15) is 9.67 Å². The number of carbonyl (C=O) groups excluding carboxylic acids is 1. The summed E-state index contributed by atoms with van der Waals surface area (Å²) in [5, 5.41) is 4.26. The number of sulfonamides is 1. The maximum atomic E-state index is 11.5. The van der Waals surface area contributed by atoms with Gasteiger partial charge in [-0.2, -0.15) is 0 Å². The Kier molecular flexibility index (Phi) is 4.78. The summed E-state index contributed by atoms with van der Waals surface area (Å²) in [5.74, 6) is -0.412. The molecule has 1 heterocycles. The third kappa shape index (κ3) is 4.12. The summed E-state index contributed by atoms with van der Waals surface area (Å²) < 4.78 is 24.3. The van der Waals surface area contributed by atoms with Gasteiger partial charge in [0.25, 0.3) is 5.91 Å². The minimum Gasteiger partial charge on any atom is -0.350 e. The Morgan fingerprint density at radius 1 is 1.56 bits per heavy atom. The van der Waals surface area contributed by atoms with Crippen molar-refractivity contribution in [3.05, 3.63) is 16.3 Å². The van der Waals surface area contributed by atoms with Gasteiger partial charge in [0.15, 0.2) is 0 Å². The van der Waals surface area contributed by atoms with Crippen molar-refractivity contribution in [3.8, 4) is 0 Å². The third-order valence-electron chi connectivity index (χ3n) is 1.78. The van der Waals surface area contributed by atoms with Gasteiger partial charge in [0, 0.05) is 16.8 Å². The van der Waals surface area contributed by atoms with Crippen LogP contribution in [0.25, 0.3) is 0 Å². The van der Waals surface area contributed by atoms with Gasteiger partial charge in [0.05, 0.1) is 10.6 Å². The van der Waals surface area contributed by atoms with Crippen molar-refractivity contribution in [3.63, 3.8) is 0 Å². The molecule has 0 aliphatic heterocycles. The minimum atomic E-state index is -3.27. The predicted octanol–water partition coefficient (Wildman–Crippen LogP) is 0.316. The zero-order valence-electron chi connectivity index (χ0n) is 8.56. The lowest BCUT2D eigenvalue weighted by atomic mass is 10.4. The van der Waals surface area contributed by atoms with Crippen molar-refractivity contribution < 1.29 is 13.2 Å². The molecule has 1 amide bonds. The lowest BCUT2D eigenvalue weighted by molar-refractivity contribution is 0.0960. The molecule has 0 aromatic carbocycles. The van der Waals surface area contributed by atoms with E-state index in [0.717, 1.165) is 4.90 Å². The molecular formula is C8H12N2O3S3. The Hall–Kier alpha value is -0.570. The fourth-order valence-electron chi connectivity index (χ4n) is 0.933. The molecule has 1 aromatic rings. The van der Waals surface area contributed by atoms with Crippen molar-refractivity contribution in [1.82, 2.24) is 10.0 Å². The summed E-state index contributed by atoms with van der Waals surface area (Å²) in [6.07, 6.45) is 0. The third-order valence-corrected chi connectivity index (χ3v) is 4.50. The highest BCUT2D eigenvalue weighted by molar-refractivity contribution is 7.89. The molecule has 0 saturated carbocycles. The molecule has 0 spiro atoms. The molecule has 0 atom stereocenters. The highest BCUT2D eigenvalue weighted by Gasteiger charge is 2.10. The highest BCUT2D eigenvalue weighted by atomic mass is 32.2. The number of hydrogen-bond donors (Lipinski definition) is 3. The van der Waals surface area contributed by atoms with Crippen molar-refractivity contribution in [2.45, 2.75) is 4.90 Å². The fraction of sp³-hybridized carbons (Fsp3) is 0.375. The fourth-order valence-corrected chi connectivity index (χ4v) is 2.57. The second-order valence-corrected chi connectivity index (χ2v) is 6.42. The van der Waals surface area contributed by atoms with E-state index in [0.29, 0.717) is 4.88 Å². The van der Waals surface area contributed by atoms with Crippen LogP contribution in [0.15, 0.2) is 16.3 Å². The van der Waals surface area contributed by atoms with Gasteiger partial charge in [-0.3, -0.25) is 4.79 Å². The summed E-state index contributed by atoms with van der Waals surface area (Å²) >= 11 is 5.34. The Morgan fingerprint density at radius 2 is 2.25 bits per heavy atom. The van der Waals surface area contributed by atoms with Crippen LogP contribution in [0.2, 0.25) is 0 Å². The van der Waals surface area contributed by atoms with E-state index in [1.54, 1.807) is 11.4 Å². The van der Waals surface area contributed by atoms with Gasteiger partial charge in [0.1, 0.15) is 0 Å². The van der Waals surface area contributed by atoms with E-state index >= 15 is 0 Å². The number of carbonyl (C=O) groups is 1. The van der Waals surface area contributed by atoms with E-state index in [4.69, 9.17) is 0 Å². The Morgan fingerprint density at radius 3 is 2.75 bits per heavy atom. The molecule has 90 valence electrons. The normalized spacial score (nSPS) is 11.4. The van der Waals surface area contributed by atoms with Crippen molar-refractivity contribution >= 4 is 39.9 Å². The number of amides is 1. The largest absolute Gasteiger partial charge is 0.350 e. The summed E-state index contributed by atoms with van der Waals surface area (Å²) in [7, 11) is -1.93. The van der Waals surface area contributed by atoms with Crippen LogP contribution in [-0.2, 0) is 10.0 Å². The van der Waals surface area contributed by atoms with Crippen LogP contribution in [0, 0.1) is 0 Å². The molecule has 0 saturated heterocycles. The highest BCUT2D eigenvalue weighted by Crippen LogP contribution is 2.17. The molecule has 0 aliphatic rings. The number of thiol groups is 1. The molecule has 5 nitrogen and oxygen atoms in total. The molecule has 16 heavy (non-hydrogen) atoms. The molecule has 2 N–H and O–H groups in total. The minimum absolute atomic E-state index is 0.0851. The Balaban J connectivity index is 2.43. The van der Waals surface area contributed by atoms with Crippen molar-refractivity contribution in [2.24, 2.45) is 0 Å². The van der Waals surface area contributed by atoms with Gasteiger partial charge in [-0.15, -0.1) is 24.0 Å². The van der Waals surface area contributed by atoms with E-state index in [1.807, 2.05) is 0 Å². The smallest absolute Gasteiger partial charge is 0.261 e. The monoisotopic (exact) mass is 280 g/mol. The van der Waals surface area contributed by atoms with E-state index in [2.05, 4.69) is 22.7 Å². The Bertz CT molecular complexity index is 467. The van der Waals surface area contributed by atoms with Gasteiger partial charge in [-0.1, -0.05) is 0 Å². The van der Waals surface area contributed by atoms with Crippen LogP contribution in [0.5, 0.6) is 0 Å². The van der Waals surface area contributed by atoms with Gasteiger partial charge >= 0.3 is 0 Å². The van der Waals surface area contributed by atoms with Crippen LogP contribution in [0.4, 0.5) is 0 Å². The van der Waals surface area contributed by atoms with Crippen LogP contribution in [0.3, 0.4) is 0 Å². The maximum Gasteiger partial charge on any atom is 0.261 e. The lowest BCUT2D eigenvalue weighted by Gasteiger charge is -2.03. The lowest BCUT2D eigenvalue weighted by Crippen LogP contribution is -2.32. The number of thiophene rings is 1. The van der Waals surface area contributed by atoms with E-state index in [-0.39, 0.29) is 18.2 Å². The predicted molar refractivity (Wildman–Crippen MR) is 66.8 cm³/mol. The molecule has 1 rings (SSSR count). The van der Waals surface area contributed by atoms with Gasteiger partial charge in [-0.25, -0.2) is 13.1 Å². The van der Waals surface area contributed by atoms with E-state index < -0.39 is 10.0 Å². The summed E-state index contributed by atoms with van der Waals surface area (Å²) in [5.41, 5.74) is 0. The first-order valence-corrected chi connectivity index (χ1v) is 7.39. The Labute approximate surface area is 104 Å². The van der Waals surface area contributed by atoms with Gasteiger partial charge in [-0.05, 0) is 13.1 Å². The molecule has 8 heteroatoms. The molecule has 0 fully saturated rings. The van der Waals surface area contributed by atoms with Crippen LogP contribution < -0.4 is 10.0 Å². The summed E-state index contributed by atoms with van der Waals surface area (Å²) in [4.78, 5) is 12.7. The molecular weight excluding hydrogens is 268 g/mol. The average molecular weight is 280 g/mol. The van der Waals surface area contributed by atoms with Gasteiger partial charge in [0.2, 0.25) is 10.0 Å². The SMILES string of the molecule is CNS(=O)(=O)CCNC(=O)c1cc(S)cs1. The van der Waals surface area contributed by atoms with Crippen molar-refractivity contribution in [1.29, 1.82) is 0 Å². The van der Waals surface area contributed by atoms with Crippen LogP contribution >= 0.6 is 24.0 Å². The quantitative estimate of drug-likeness (QED) is 0.680. The first-order chi connectivity index (χ1) is 7.44. The number of nitrogens with one attached hydrogen (secondary N) is 2. The molecule has 1 aromatic heterocycles. The van der Waals surface area contributed by atoms with E-state index in [1.165, 1.54) is 18.4 Å². The average Bonchev–Trinajstić information content (AvgIpc) is 2.64. The maximum absolute atomic E-state index is 11.5. The molecule has 0 radical (unpaired) electrons. The molecule has 0 unspecified atom stereocenters. The second-order valence-electron chi connectivity index (χ2n) is 2.95. The first kappa shape index (κ1) is 13.5. The van der Waals surface area contributed by atoms with Gasteiger partial charge < -0.3 is 5.32 Å². The standard InChI is InChI=1S/C8H12N2O3S3/c1-9-16(12,13)3-2-10-8(11)7-4-6(14)5-15-7/h4-5,9,14H,2-3H2,1H3,(H,10,11). The van der Waals surface area contributed by atoms with Crippen LogP contribution in [-0.4, -0.2) is 33.7 Å². The van der Waals surface area contributed by atoms with E-state index in [9.17, 15) is 13.2 Å². The topological polar surface area (TPSA) is 75.3 Å². The molecule has 0 aliphatic carbocycles. The zero-order valence-corrected chi connectivity index (χ0v) is 11.1. The summed E-state index contributed by atoms with van der Waals surface area (Å²) in [6, 6.07) is 1.63. The summed E-state index contributed by atoms with van der Waals surface area (Å²) in [6.45, 7) is 0.0851. The zero-order chi connectivity index (χ0) is 12.2. The first-order valence-electron chi connectivity index (χ1n) is 4.41. The number of rotatable bonds is 5.